The number of hydrogen-bond acceptors (Lipinski definition) is 3. The molecule has 0 aromatic heterocycles. The molecule has 0 N–H and O–H groups in total. The predicted molar refractivity (Wildman–Crippen MR) is 33.8 cm³/mol. The van der Waals surface area contributed by atoms with Crippen molar-refractivity contribution >= 4 is 5.97 Å². The van der Waals surface area contributed by atoms with Crippen molar-refractivity contribution in [2.45, 2.75) is 13.3 Å². The Hall–Kier alpha value is -1.04. The lowest BCUT2D eigenvalue weighted by molar-refractivity contribution is -0.140. The summed E-state index contributed by atoms with van der Waals surface area (Å²) < 4.78 is 4.74. The van der Waals surface area contributed by atoms with Crippen LogP contribution in [0.4, 0.5) is 0 Å². The molecule has 1 fully saturated rings. The van der Waals surface area contributed by atoms with E-state index < -0.39 is 0 Å². The van der Waals surface area contributed by atoms with E-state index in [9.17, 15) is 4.79 Å². The summed E-state index contributed by atoms with van der Waals surface area (Å²) in [6.07, 6.45) is 0.424. The molecule has 0 spiro atoms. The average Bonchev–Trinajstić information content (AvgIpc) is 2.20. The van der Waals surface area contributed by atoms with E-state index in [2.05, 4.69) is 0 Å². The molecule has 0 saturated carbocycles. The Morgan fingerprint density at radius 3 is 3.00 bits per heavy atom. The zero-order chi connectivity index (χ0) is 7.56. The van der Waals surface area contributed by atoms with E-state index in [1.165, 1.54) is 0 Å². The summed E-state index contributed by atoms with van der Waals surface area (Å²) in [6.45, 7) is 2.23. The number of nitriles is 1. The van der Waals surface area contributed by atoms with Crippen molar-refractivity contribution in [3.8, 4) is 6.07 Å². The van der Waals surface area contributed by atoms with E-state index in [1.54, 1.807) is 6.92 Å². The van der Waals surface area contributed by atoms with Gasteiger partial charge >= 0.3 is 5.97 Å². The molecule has 0 amide bonds. The molecule has 0 unspecified atom stereocenters. The van der Waals surface area contributed by atoms with E-state index in [-0.39, 0.29) is 17.8 Å². The first-order chi connectivity index (χ1) is 4.75. The molecule has 1 saturated heterocycles. The van der Waals surface area contributed by atoms with E-state index in [1.807, 2.05) is 6.07 Å². The molecular weight excluding hydrogens is 130 g/mol. The first-order valence-corrected chi connectivity index (χ1v) is 3.29. The van der Waals surface area contributed by atoms with Crippen LogP contribution in [-0.4, -0.2) is 12.6 Å². The van der Waals surface area contributed by atoms with E-state index in [0.717, 1.165) is 0 Å². The molecule has 54 valence electrons. The first kappa shape index (κ1) is 7.07. The normalized spacial score (nSPS) is 31.4. The summed E-state index contributed by atoms with van der Waals surface area (Å²) >= 11 is 0. The molecular formula is C7H9NO2. The summed E-state index contributed by atoms with van der Waals surface area (Å²) in [6, 6.07) is 2.03. The van der Waals surface area contributed by atoms with Crippen LogP contribution in [0.5, 0.6) is 0 Å². The Bertz CT molecular complexity index is 183. The van der Waals surface area contributed by atoms with Gasteiger partial charge in [-0.05, 0) is 0 Å². The van der Waals surface area contributed by atoms with Crippen molar-refractivity contribution < 1.29 is 9.53 Å². The van der Waals surface area contributed by atoms with Gasteiger partial charge in [0.1, 0.15) is 0 Å². The summed E-state index contributed by atoms with van der Waals surface area (Å²) in [7, 11) is 0. The minimum Gasteiger partial charge on any atom is -0.465 e. The molecule has 3 nitrogen and oxygen atoms in total. The summed E-state index contributed by atoms with van der Waals surface area (Å²) in [5.41, 5.74) is 0. The number of esters is 1. The zero-order valence-electron chi connectivity index (χ0n) is 5.83. The highest BCUT2D eigenvalue weighted by molar-refractivity contribution is 5.74. The van der Waals surface area contributed by atoms with Crippen LogP contribution >= 0.6 is 0 Å². The first-order valence-electron chi connectivity index (χ1n) is 3.29. The Balaban J connectivity index is 2.50. The van der Waals surface area contributed by atoms with Gasteiger partial charge in [-0.2, -0.15) is 5.26 Å². The van der Waals surface area contributed by atoms with Gasteiger partial charge in [-0.3, -0.25) is 4.79 Å². The minimum atomic E-state index is -0.166. The van der Waals surface area contributed by atoms with Crippen LogP contribution in [0.2, 0.25) is 0 Å². The van der Waals surface area contributed by atoms with Crippen molar-refractivity contribution in [2.75, 3.05) is 6.61 Å². The van der Waals surface area contributed by atoms with Gasteiger partial charge in [-0.1, -0.05) is 6.92 Å². The maximum absolute atomic E-state index is 10.7. The standard InChI is InChI=1S/C7H9NO2/c1-5-6(2-3-8)4-10-7(5)9/h5-6H,2,4H2,1H3/t5-,6+/m1/s1. The Kier molecular flexibility index (Phi) is 1.91. The minimum absolute atomic E-state index is 0.0837. The quantitative estimate of drug-likeness (QED) is 0.502. The zero-order valence-corrected chi connectivity index (χ0v) is 5.83. The second-order valence-electron chi connectivity index (χ2n) is 2.54. The highest BCUT2D eigenvalue weighted by atomic mass is 16.5. The molecule has 10 heavy (non-hydrogen) atoms. The lowest BCUT2D eigenvalue weighted by Crippen LogP contribution is -2.10. The number of carbonyl (C=O) groups excluding carboxylic acids is 1. The third-order valence-corrected chi connectivity index (χ3v) is 1.87. The van der Waals surface area contributed by atoms with Gasteiger partial charge in [0.25, 0.3) is 0 Å². The van der Waals surface area contributed by atoms with Gasteiger partial charge in [-0.25, -0.2) is 0 Å². The van der Waals surface area contributed by atoms with Crippen molar-refractivity contribution in [3.63, 3.8) is 0 Å². The second-order valence-corrected chi connectivity index (χ2v) is 2.54. The predicted octanol–water partition coefficient (Wildman–Crippen LogP) is 0.709. The topological polar surface area (TPSA) is 50.1 Å². The van der Waals surface area contributed by atoms with E-state index in [0.29, 0.717) is 13.0 Å². The summed E-state index contributed by atoms with van der Waals surface area (Å²) in [5, 5.41) is 8.31. The van der Waals surface area contributed by atoms with Gasteiger partial charge in [-0.15, -0.1) is 0 Å². The summed E-state index contributed by atoms with van der Waals surface area (Å²) in [5.74, 6) is -0.127. The van der Waals surface area contributed by atoms with Crippen molar-refractivity contribution in [1.29, 1.82) is 5.26 Å². The van der Waals surface area contributed by atoms with Crippen molar-refractivity contribution in [1.82, 2.24) is 0 Å². The smallest absolute Gasteiger partial charge is 0.309 e. The SMILES string of the molecule is C[C@H]1C(=O)OC[C@@H]1CC#N. The van der Waals surface area contributed by atoms with Gasteiger partial charge < -0.3 is 4.74 Å². The number of carbonyl (C=O) groups is 1. The molecule has 1 aliphatic rings. The molecule has 0 bridgehead atoms. The Labute approximate surface area is 59.6 Å². The molecule has 0 aliphatic carbocycles. The van der Waals surface area contributed by atoms with Gasteiger partial charge in [0.05, 0.1) is 18.6 Å². The summed E-state index contributed by atoms with van der Waals surface area (Å²) in [4.78, 5) is 10.7. The number of cyclic esters (lactones) is 1. The number of hydrogen-bond donors (Lipinski definition) is 0. The highest BCUT2D eigenvalue weighted by Crippen LogP contribution is 2.23. The molecule has 1 heterocycles. The third-order valence-electron chi connectivity index (χ3n) is 1.87. The lowest BCUT2D eigenvalue weighted by Gasteiger charge is -2.02. The van der Waals surface area contributed by atoms with Crippen LogP contribution in [0, 0.1) is 23.2 Å². The fraction of sp³-hybridized carbons (Fsp3) is 0.714. The van der Waals surface area contributed by atoms with Gasteiger partial charge in [0.2, 0.25) is 0 Å². The molecule has 0 aromatic rings. The second kappa shape index (κ2) is 2.70. The fourth-order valence-corrected chi connectivity index (χ4v) is 1.01. The fourth-order valence-electron chi connectivity index (χ4n) is 1.01. The Morgan fingerprint density at radius 2 is 2.60 bits per heavy atom. The van der Waals surface area contributed by atoms with Gasteiger partial charge in [0.15, 0.2) is 0 Å². The van der Waals surface area contributed by atoms with Crippen molar-refractivity contribution in [2.24, 2.45) is 11.8 Å². The number of ether oxygens (including phenoxy) is 1. The number of nitrogens with zero attached hydrogens (tertiary/aromatic N) is 1. The highest BCUT2D eigenvalue weighted by Gasteiger charge is 2.32. The molecule has 0 radical (unpaired) electrons. The Morgan fingerprint density at radius 1 is 1.90 bits per heavy atom. The van der Waals surface area contributed by atoms with Crippen molar-refractivity contribution in [3.05, 3.63) is 0 Å². The lowest BCUT2D eigenvalue weighted by atomic mass is 9.95. The van der Waals surface area contributed by atoms with Crippen LogP contribution in [0.25, 0.3) is 0 Å². The van der Waals surface area contributed by atoms with Gasteiger partial charge in [0, 0.05) is 12.3 Å². The largest absolute Gasteiger partial charge is 0.465 e. The van der Waals surface area contributed by atoms with Crippen LogP contribution in [0.3, 0.4) is 0 Å². The van der Waals surface area contributed by atoms with Crippen LogP contribution < -0.4 is 0 Å². The van der Waals surface area contributed by atoms with Crippen LogP contribution in [-0.2, 0) is 9.53 Å². The maximum atomic E-state index is 10.7. The maximum Gasteiger partial charge on any atom is 0.309 e. The van der Waals surface area contributed by atoms with E-state index >= 15 is 0 Å². The molecule has 1 rings (SSSR count). The van der Waals surface area contributed by atoms with Crippen LogP contribution in [0.15, 0.2) is 0 Å². The third kappa shape index (κ3) is 1.10. The molecule has 1 aliphatic heterocycles. The molecule has 3 heteroatoms. The van der Waals surface area contributed by atoms with E-state index in [4.69, 9.17) is 10.00 Å². The molecule has 0 aromatic carbocycles. The van der Waals surface area contributed by atoms with Crippen LogP contribution in [0.1, 0.15) is 13.3 Å². The number of rotatable bonds is 1. The molecule has 2 atom stereocenters. The monoisotopic (exact) mass is 139 g/mol. The average molecular weight is 139 g/mol.